The largest absolute Gasteiger partial charge is 0.493 e. The van der Waals surface area contributed by atoms with Gasteiger partial charge < -0.3 is 9.47 Å². The van der Waals surface area contributed by atoms with Gasteiger partial charge in [0.2, 0.25) is 0 Å². The van der Waals surface area contributed by atoms with Gasteiger partial charge >= 0.3 is 0 Å². The Hall–Kier alpha value is -2.99. The number of hydrazine groups is 1. The minimum Gasteiger partial charge on any atom is -0.493 e. The number of hydrogen-bond acceptors (Lipinski definition) is 4. The minimum atomic E-state index is -0.499. The molecule has 0 aromatic heterocycles. The second-order valence-corrected chi connectivity index (χ2v) is 5.92. The number of hydrogen-bond donors (Lipinski definition) is 2. The van der Waals surface area contributed by atoms with Crippen LogP contribution in [0.2, 0.25) is 5.02 Å². The highest BCUT2D eigenvalue weighted by atomic mass is 35.5. The Morgan fingerprint density at radius 3 is 2.59 bits per heavy atom. The van der Waals surface area contributed by atoms with E-state index in [2.05, 4.69) is 10.9 Å². The van der Waals surface area contributed by atoms with Crippen LogP contribution in [0.3, 0.4) is 0 Å². The summed E-state index contributed by atoms with van der Waals surface area (Å²) in [6.45, 7) is 2.62. The van der Waals surface area contributed by atoms with Crippen molar-refractivity contribution in [1.82, 2.24) is 10.9 Å². The van der Waals surface area contributed by atoms with E-state index >= 15 is 0 Å². The molecule has 2 aromatic rings. The third-order valence-corrected chi connectivity index (χ3v) is 3.82. The van der Waals surface area contributed by atoms with Crippen LogP contribution in [0.25, 0.3) is 6.08 Å². The summed E-state index contributed by atoms with van der Waals surface area (Å²) in [5.41, 5.74) is 5.65. The number of benzene rings is 2. The van der Waals surface area contributed by atoms with Gasteiger partial charge in [0.1, 0.15) is 0 Å². The van der Waals surface area contributed by atoms with Gasteiger partial charge in [0.15, 0.2) is 11.5 Å². The number of halogens is 1. The summed E-state index contributed by atoms with van der Waals surface area (Å²) in [7, 11) is 1.55. The lowest BCUT2D eigenvalue weighted by molar-refractivity contribution is -0.117. The summed E-state index contributed by atoms with van der Waals surface area (Å²) < 4.78 is 10.9. The Balaban J connectivity index is 1.94. The normalized spacial score (nSPS) is 10.5. The van der Waals surface area contributed by atoms with Crippen molar-refractivity contribution in [2.24, 2.45) is 0 Å². The first-order valence-corrected chi connectivity index (χ1v) is 8.76. The standard InChI is InChI=1S/C20H21ClN2O4/c1-3-12-27-17-10-8-14(13-18(17)26-2)9-11-19(24)22-23-20(25)15-6-4-5-7-16(15)21/h4-11,13H,3,12H2,1-2H3,(H,22,24)(H,23,25)/b11-9+. The zero-order valence-corrected chi connectivity index (χ0v) is 15.9. The number of carbonyl (C=O) groups excluding carboxylic acids is 2. The van der Waals surface area contributed by atoms with Crippen molar-refractivity contribution < 1.29 is 19.1 Å². The van der Waals surface area contributed by atoms with Crippen LogP contribution in [-0.2, 0) is 4.79 Å². The van der Waals surface area contributed by atoms with Crippen molar-refractivity contribution in [2.45, 2.75) is 13.3 Å². The molecule has 0 unspecified atom stereocenters. The molecule has 0 saturated carbocycles. The average molecular weight is 389 g/mol. The summed E-state index contributed by atoms with van der Waals surface area (Å²) in [5, 5.41) is 0.303. The van der Waals surface area contributed by atoms with Gasteiger partial charge in [-0.25, -0.2) is 0 Å². The van der Waals surface area contributed by atoms with Gasteiger partial charge in [-0.3, -0.25) is 20.4 Å². The highest BCUT2D eigenvalue weighted by Crippen LogP contribution is 2.28. The van der Waals surface area contributed by atoms with Crippen LogP contribution in [0.1, 0.15) is 29.3 Å². The van der Waals surface area contributed by atoms with Gasteiger partial charge in [-0.2, -0.15) is 0 Å². The van der Waals surface area contributed by atoms with Gasteiger partial charge in [0.05, 0.1) is 24.3 Å². The van der Waals surface area contributed by atoms with Crippen molar-refractivity contribution in [2.75, 3.05) is 13.7 Å². The highest BCUT2D eigenvalue weighted by Gasteiger charge is 2.09. The first kappa shape index (κ1) is 20.3. The Morgan fingerprint density at radius 1 is 1.11 bits per heavy atom. The highest BCUT2D eigenvalue weighted by molar-refractivity contribution is 6.33. The average Bonchev–Trinajstić information content (AvgIpc) is 2.69. The molecule has 0 spiro atoms. The fraction of sp³-hybridized carbons (Fsp3) is 0.200. The molecular formula is C20H21ClN2O4. The molecule has 6 nitrogen and oxygen atoms in total. The third kappa shape index (κ3) is 6.04. The number of ether oxygens (including phenoxy) is 2. The zero-order chi connectivity index (χ0) is 19.6. The zero-order valence-electron chi connectivity index (χ0n) is 15.1. The van der Waals surface area contributed by atoms with Crippen molar-refractivity contribution in [3.63, 3.8) is 0 Å². The molecule has 0 saturated heterocycles. The molecule has 2 rings (SSSR count). The van der Waals surface area contributed by atoms with Crippen molar-refractivity contribution in [3.8, 4) is 11.5 Å². The lowest BCUT2D eigenvalue weighted by Crippen LogP contribution is -2.40. The van der Waals surface area contributed by atoms with E-state index in [9.17, 15) is 9.59 Å². The molecule has 0 heterocycles. The molecule has 2 aromatic carbocycles. The number of nitrogens with one attached hydrogen (secondary N) is 2. The van der Waals surface area contributed by atoms with Crippen molar-refractivity contribution in [1.29, 1.82) is 0 Å². The predicted octanol–water partition coefficient (Wildman–Crippen LogP) is 3.61. The molecule has 2 amide bonds. The first-order valence-electron chi connectivity index (χ1n) is 8.39. The monoisotopic (exact) mass is 388 g/mol. The fourth-order valence-electron chi connectivity index (χ4n) is 2.16. The molecule has 2 N–H and O–H groups in total. The first-order chi connectivity index (χ1) is 13.0. The third-order valence-electron chi connectivity index (χ3n) is 3.49. The van der Waals surface area contributed by atoms with Gasteiger partial charge in [-0.1, -0.05) is 36.7 Å². The Kier molecular flexibility index (Phi) is 7.70. The minimum absolute atomic E-state index is 0.274. The molecule has 7 heteroatoms. The molecule has 142 valence electrons. The molecule has 0 radical (unpaired) electrons. The number of amides is 2. The van der Waals surface area contributed by atoms with E-state index in [0.29, 0.717) is 23.1 Å². The quantitative estimate of drug-likeness (QED) is 0.561. The van der Waals surface area contributed by atoms with Crippen LogP contribution in [0.15, 0.2) is 48.5 Å². The second-order valence-electron chi connectivity index (χ2n) is 5.52. The van der Waals surface area contributed by atoms with Gasteiger partial charge in [-0.05, 0) is 42.3 Å². The van der Waals surface area contributed by atoms with E-state index in [0.717, 1.165) is 12.0 Å². The molecule has 0 aliphatic heterocycles. The summed E-state index contributed by atoms with van der Waals surface area (Å²) >= 11 is 5.94. The lowest BCUT2D eigenvalue weighted by atomic mass is 10.2. The van der Waals surface area contributed by atoms with Crippen molar-refractivity contribution in [3.05, 3.63) is 64.7 Å². The molecular weight excluding hydrogens is 368 g/mol. The van der Waals surface area contributed by atoms with E-state index in [1.54, 1.807) is 55.7 Å². The number of methoxy groups -OCH3 is 1. The fourth-order valence-corrected chi connectivity index (χ4v) is 2.39. The van der Waals surface area contributed by atoms with Crippen LogP contribution in [0, 0.1) is 0 Å². The summed E-state index contributed by atoms with van der Waals surface area (Å²) in [5.74, 6) is 0.244. The predicted molar refractivity (Wildman–Crippen MR) is 105 cm³/mol. The maximum Gasteiger partial charge on any atom is 0.271 e. The van der Waals surface area contributed by atoms with Gasteiger partial charge in [0, 0.05) is 6.08 Å². The molecule has 27 heavy (non-hydrogen) atoms. The van der Waals surface area contributed by atoms with E-state index in [-0.39, 0.29) is 5.56 Å². The van der Waals surface area contributed by atoms with E-state index < -0.39 is 11.8 Å². The Labute approximate surface area is 163 Å². The van der Waals surface area contributed by atoms with Gasteiger partial charge in [-0.15, -0.1) is 0 Å². The maximum absolute atomic E-state index is 12.0. The second kappa shape index (κ2) is 10.2. The van der Waals surface area contributed by atoms with Crippen molar-refractivity contribution >= 4 is 29.5 Å². The van der Waals surface area contributed by atoms with Crippen LogP contribution >= 0.6 is 11.6 Å². The van der Waals surface area contributed by atoms with Crippen LogP contribution in [0.4, 0.5) is 0 Å². The smallest absolute Gasteiger partial charge is 0.271 e. The van der Waals surface area contributed by atoms with Crippen LogP contribution < -0.4 is 20.3 Å². The Morgan fingerprint density at radius 2 is 1.89 bits per heavy atom. The molecule has 0 bridgehead atoms. The van der Waals surface area contributed by atoms with Gasteiger partial charge in [0.25, 0.3) is 11.8 Å². The van der Waals surface area contributed by atoms with E-state index in [1.807, 2.05) is 6.92 Å². The molecule has 0 atom stereocenters. The summed E-state index contributed by atoms with van der Waals surface area (Å²) in [6, 6.07) is 11.9. The van der Waals surface area contributed by atoms with Crippen LogP contribution in [0.5, 0.6) is 11.5 Å². The molecule has 0 aliphatic carbocycles. The number of rotatable bonds is 7. The summed E-state index contributed by atoms with van der Waals surface area (Å²) in [4.78, 5) is 23.9. The summed E-state index contributed by atoms with van der Waals surface area (Å²) in [6.07, 6.45) is 3.79. The lowest BCUT2D eigenvalue weighted by Gasteiger charge is -2.10. The Bertz CT molecular complexity index is 836. The molecule has 0 aliphatic rings. The maximum atomic E-state index is 12.0. The SMILES string of the molecule is CCCOc1ccc(/C=C/C(=O)NNC(=O)c2ccccc2Cl)cc1OC. The topological polar surface area (TPSA) is 76.7 Å². The van der Waals surface area contributed by atoms with E-state index in [4.69, 9.17) is 21.1 Å². The van der Waals surface area contributed by atoms with Crippen LogP contribution in [-0.4, -0.2) is 25.5 Å². The van der Waals surface area contributed by atoms with E-state index in [1.165, 1.54) is 6.08 Å². The molecule has 0 fully saturated rings. The number of carbonyl (C=O) groups is 2.